The summed E-state index contributed by atoms with van der Waals surface area (Å²) in [6.45, 7) is 4.31. The first-order valence-electron chi connectivity index (χ1n) is 11.2. The van der Waals surface area contributed by atoms with Gasteiger partial charge in [-0.1, -0.05) is 6.07 Å². The smallest absolute Gasteiger partial charge is 0.228 e. The summed E-state index contributed by atoms with van der Waals surface area (Å²) in [5, 5.41) is 6.26. The Kier molecular flexibility index (Phi) is 5.50. The summed E-state index contributed by atoms with van der Waals surface area (Å²) in [6.07, 6.45) is 5.76. The summed E-state index contributed by atoms with van der Waals surface area (Å²) in [7, 11) is 0. The van der Waals surface area contributed by atoms with Gasteiger partial charge in [-0.25, -0.2) is 9.97 Å². The van der Waals surface area contributed by atoms with Gasteiger partial charge in [-0.3, -0.25) is 14.6 Å². The predicted octanol–water partition coefficient (Wildman–Crippen LogP) is 3.89. The molecule has 2 aromatic heterocycles. The van der Waals surface area contributed by atoms with Crippen LogP contribution in [-0.4, -0.2) is 44.3 Å². The van der Waals surface area contributed by atoms with Gasteiger partial charge in [-0.15, -0.1) is 0 Å². The number of piperidine rings is 1. The number of anilines is 3. The van der Waals surface area contributed by atoms with Crippen molar-refractivity contribution in [1.29, 1.82) is 0 Å². The Balaban J connectivity index is 1.49. The number of hydrogen-bond donors (Lipinski definition) is 2. The summed E-state index contributed by atoms with van der Waals surface area (Å²) < 4.78 is 0. The van der Waals surface area contributed by atoms with Crippen LogP contribution in [0.4, 0.5) is 17.2 Å². The van der Waals surface area contributed by atoms with Gasteiger partial charge in [0.25, 0.3) is 0 Å². The number of likely N-dealkylation sites (tertiary alicyclic amines) is 1. The second kappa shape index (κ2) is 8.61. The normalized spacial score (nSPS) is 19.7. The lowest BCUT2D eigenvalue weighted by molar-refractivity contribution is -0.132. The fourth-order valence-corrected chi connectivity index (χ4v) is 4.57. The molecular weight excluding hydrogens is 416 g/mol. The highest BCUT2D eigenvalue weighted by Gasteiger charge is 2.30. The molecule has 4 heterocycles. The average Bonchev–Trinajstić information content (AvgIpc) is 3.19. The quantitative estimate of drug-likeness (QED) is 0.636. The molecule has 2 atom stereocenters. The van der Waals surface area contributed by atoms with Gasteiger partial charge in [-0.2, -0.15) is 0 Å². The number of carbonyl (C=O) groups is 2. The Morgan fingerprint density at radius 1 is 1.18 bits per heavy atom. The van der Waals surface area contributed by atoms with E-state index in [2.05, 4.69) is 22.5 Å². The minimum Gasteiger partial charge on any atom is -0.340 e. The SMILES string of the molecule is CC(=O)N1C[C@H](c2nc(Nc3ccc4c(c3)NC(=O)C4)cc(-c3cccnc3)n2)CC[C@@H]1C. The molecule has 8 heteroatoms. The molecule has 1 fully saturated rings. The lowest BCUT2D eigenvalue weighted by Crippen LogP contribution is -2.44. The third-order valence-corrected chi connectivity index (χ3v) is 6.36. The van der Waals surface area contributed by atoms with Gasteiger partial charge in [0, 0.05) is 60.8 Å². The zero-order valence-electron chi connectivity index (χ0n) is 18.7. The number of fused-ring (bicyclic) bond motifs is 1. The van der Waals surface area contributed by atoms with Gasteiger partial charge in [0.2, 0.25) is 11.8 Å². The lowest BCUT2D eigenvalue weighted by atomic mass is 9.92. The van der Waals surface area contributed by atoms with Crippen molar-refractivity contribution < 1.29 is 9.59 Å². The predicted molar refractivity (Wildman–Crippen MR) is 126 cm³/mol. The molecule has 0 bridgehead atoms. The Hall–Kier alpha value is -3.81. The van der Waals surface area contributed by atoms with Crippen molar-refractivity contribution in [3.63, 3.8) is 0 Å². The number of pyridine rings is 1. The van der Waals surface area contributed by atoms with E-state index in [0.29, 0.717) is 24.6 Å². The van der Waals surface area contributed by atoms with E-state index < -0.39 is 0 Å². The van der Waals surface area contributed by atoms with E-state index in [4.69, 9.17) is 9.97 Å². The molecule has 0 radical (unpaired) electrons. The Labute approximate surface area is 192 Å². The number of amides is 2. The van der Waals surface area contributed by atoms with Crippen LogP contribution in [0.1, 0.15) is 44.0 Å². The average molecular weight is 443 g/mol. The third-order valence-electron chi connectivity index (χ3n) is 6.36. The summed E-state index contributed by atoms with van der Waals surface area (Å²) >= 11 is 0. The second-order valence-electron chi connectivity index (χ2n) is 8.75. The highest BCUT2D eigenvalue weighted by molar-refractivity contribution is 5.99. The van der Waals surface area contributed by atoms with Crippen molar-refractivity contribution in [1.82, 2.24) is 19.9 Å². The molecule has 0 unspecified atom stereocenters. The van der Waals surface area contributed by atoms with E-state index in [1.807, 2.05) is 41.3 Å². The molecule has 5 rings (SSSR count). The molecule has 33 heavy (non-hydrogen) atoms. The molecule has 3 aromatic rings. The Morgan fingerprint density at radius 3 is 2.85 bits per heavy atom. The first-order valence-corrected chi connectivity index (χ1v) is 11.2. The van der Waals surface area contributed by atoms with Crippen LogP contribution in [0.2, 0.25) is 0 Å². The highest BCUT2D eigenvalue weighted by atomic mass is 16.2. The van der Waals surface area contributed by atoms with Crippen molar-refractivity contribution >= 4 is 29.0 Å². The monoisotopic (exact) mass is 442 g/mol. The van der Waals surface area contributed by atoms with Crippen LogP contribution >= 0.6 is 0 Å². The minimum absolute atomic E-state index is 0.00638. The molecule has 2 amide bonds. The maximum atomic E-state index is 12.1. The van der Waals surface area contributed by atoms with Crippen molar-refractivity contribution in [2.24, 2.45) is 0 Å². The molecule has 0 aliphatic carbocycles. The maximum absolute atomic E-state index is 12.1. The number of rotatable bonds is 4. The minimum atomic E-state index is 0.00638. The van der Waals surface area contributed by atoms with Crippen molar-refractivity contribution in [2.45, 2.75) is 45.1 Å². The zero-order chi connectivity index (χ0) is 22.9. The van der Waals surface area contributed by atoms with Crippen LogP contribution < -0.4 is 10.6 Å². The van der Waals surface area contributed by atoms with E-state index >= 15 is 0 Å². The fraction of sp³-hybridized carbons (Fsp3) is 0.320. The standard InChI is InChI=1S/C25H26N6O2/c1-15-5-6-19(14-31(15)16(2)32)25-29-22(18-4-3-9-26-13-18)12-23(30-25)27-20-8-7-17-10-24(33)28-21(17)11-20/h3-4,7-9,11-13,15,19H,5-6,10,14H2,1-2H3,(H,28,33)(H,27,29,30)/t15-,19+/m0/s1. The largest absolute Gasteiger partial charge is 0.340 e. The molecule has 0 spiro atoms. The highest BCUT2D eigenvalue weighted by Crippen LogP contribution is 2.32. The number of benzene rings is 1. The van der Waals surface area contributed by atoms with E-state index in [-0.39, 0.29) is 23.8 Å². The van der Waals surface area contributed by atoms with Crippen LogP contribution in [0.5, 0.6) is 0 Å². The van der Waals surface area contributed by atoms with E-state index in [0.717, 1.165) is 41.0 Å². The molecule has 1 saturated heterocycles. The van der Waals surface area contributed by atoms with Crippen LogP contribution in [0.3, 0.4) is 0 Å². The first-order chi connectivity index (χ1) is 16.0. The Morgan fingerprint density at radius 2 is 2.06 bits per heavy atom. The van der Waals surface area contributed by atoms with Crippen molar-refractivity contribution in [3.05, 3.63) is 60.2 Å². The third kappa shape index (κ3) is 4.41. The summed E-state index contributed by atoms with van der Waals surface area (Å²) in [6, 6.07) is 11.8. The number of hydrogen-bond acceptors (Lipinski definition) is 6. The van der Waals surface area contributed by atoms with Crippen molar-refractivity contribution in [2.75, 3.05) is 17.2 Å². The van der Waals surface area contributed by atoms with Gasteiger partial charge < -0.3 is 15.5 Å². The van der Waals surface area contributed by atoms with Gasteiger partial charge in [-0.05, 0) is 49.6 Å². The second-order valence-corrected chi connectivity index (χ2v) is 8.75. The molecule has 2 aliphatic rings. The molecular formula is C25H26N6O2. The van der Waals surface area contributed by atoms with Crippen LogP contribution in [-0.2, 0) is 16.0 Å². The van der Waals surface area contributed by atoms with Crippen LogP contribution in [0.25, 0.3) is 11.3 Å². The maximum Gasteiger partial charge on any atom is 0.228 e. The summed E-state index contributed by atoms with van der Waals surface area (Å²) in [5.74, 6) is 1.52. The fourth-order valence-electron chi connectivity index (χ4n) is 4.57. The molecule has 0 saturated carbocycles. The first kappa shape index (κ1) is 21.1. The molecule has 2 N–H and O–H groups in total. The molecule has 168 valence electrons. The summed E-state index contributed by atoms with van der Waals surface area (Å²) in [4.78, 5) is 39.7. The summed E-state index contributed by atoms with van der Waals surface area (Å²) in [5.41, 5.74) is 4.33. The van der Waals surface area contributed by atoms with Crippen molar-refractivity contribution in [3.8, 4) is 11.3 Å². The van der Waals surface area contributed by atoms with Gasteiger partial charge in [0.1, 0.15) is 11.6 Å². The van der Waals surface area contributed by atoms with E-state index in [1.165, 1.54) is 0 Å². The van der Waals surface area contributed by atoms with Gasteiger partial charge >= 0.3 is 0 Å². The van der Waals surface area contributed by atoms with E-state index in [1.54, 1.807) is 19.3 Å². The Bertz CT molecular complexity index is 1210. The number of carbonyl (C=O) groups excluding carboxylic acids is 2. The van der Waals surface area contributed by atoms with E-state index in [9.17, 15) is 9.59 Å². The zero-order valence-corrected chi connectivity index (χ0v) is 18.7. The lowest BCUT2D eigenvalue weighted by Gasteiger charge is -2.37. The molecule has 8 nitrogen and oxygen atoms in total. The van der Waals surface area contributed by atoms with Crippen LogP contribution in [0.15, 0.2) is 48.8 Å². The number of aromatic nitrogens is 3. The molecule has 2 aliphatic heterocycles. The molecule has 1 aromatic carbocycles. The number of nitrogens with one attached hydrogen (secondary N) is 2. The van der Waals surface area contributed by atoms with Crippen LogP contribution in [0, 0.1) is 0 Å². The van der Waals surface area contributed by atoms with Gasteiger partial charge in [0.15, 0.2) is 0 Å². The van der Waals surface area contributed by atoms with Gasteiger partial charge in [0.05, 0.1) is 12.1 Å². The number of nitrogens with zero attached hydrogens (tertiary/aromatic N) is 4. The topological polar surface area (TPSA) is 100 Å².